The van der Waals surface area contributed by atoms with Crippen LogP contribution < -0.4 is 154 Å². The number of hydrogen-bond acceptors (Lipinski definition) is 6. The van der Waals surface area contributed by atoms with Gasteiger partial charge in [-0.15, -0.1) is 0 Å². The number of carboxylic acids is 4. The average Bonchev–Trinajstić information content (AvgIpc) is 2.22. The van der Waals surface area contributed by atoms with E-state index >= 15 is 0 Å². The van der Waals surface area contributed by atoms with Gasteiger partial charge in [0.15, 0.2) is 0 Å². The minimum absolute atomic E-state index is 0. The van der Waals surface area contributed by atoms with Gasteiger partial charge >= 0.3 is 178 Å². The topological polar surface area (TPSA) is 156 Å². The Bertz CT molecular complexity index is 342. The summed E-state index contributed by atoms with van der Waals surface area (Å²) in [6.07, 6.45) is 0. The van der Waals surface area contributed by atoms with Gasteiger partial charge in [0, 0.05) is 13.1 Å². The molecule has 0 spiro atoms. The van der Waals surface area contributed by atoms with Gasteiger partial charge in [-0.3, -0.25) is 29.0 Å². The maximum absolute atomic E-state index is 10.6. The Kier molecular flexibility index (Phi) is 28.2. The van der Waals surface area contributed by atoms with E-state index in [1.54, 1.807) is 0 Å². The van der Waals surface area contributed by atoms with Crippen molar-refractivity contribution >= 4 is 23.9 Å². The largest absolute Gasteiger partial charge is 1.00 e. The third kappa shape index (κ3) is 22.7. The van der Waals surface area contributed by atoms with Crippen molar-refractivity contribution in [3.63, 3.8) is 0 Å². The molecule has 0 aromatic heterocycles. The SMILES string of the molecule is O=C(O)CN(CCN(CC(=O)O)CC(=O)O)CC(=O)O.[H-].[H-].[H-].[K+].[K+].[K+]. The summed E-state index contributed by atoms with van der Waals surface area (Å²) in [5.74, 6) is -4.91. The fourth-order valence-corrected chi connectivity index (χ4v) is 1.48. The van der Waals surface area contributed by atoms with Crippen molar-refractivity contribution in [2.75, 3.05) is 39.3 Å². The molecule has 0 saturated heterocycles. The Morgan fingerprint density at radius 2 is 0.739 bits per heavy atom. The normalized spacial score (nSPS) is 9.30. The Morgan fingerprint density at radius 3 is 0.870 bits per heavy atom. The fraction of sp³-hybridized carbons (Fsp3) is 0.600. The monoisotopic (exact) mass is 412 g/mol. The van der Waals surface area contributed by atoms with E-state index in [2.05, 4.69) is 0 Å². The molecule has 0 unspecified atom stereocenters. The maximum Gasteiger partial charge on any atom is 1.00 e. The molecule has 13 heteroatoms. The summed E-state index contributed by atoms with van der Waals surface area (Å²) in [6.45, 7) is -2.25. The van der Waals surface area contributed by atoms with Gasteiger partial charge in [0.25, 0.3) is 0 Å². The molecule has 0 bridgehead atoms. The molecule has 0 aliphatic carbocycles. The molecule has 0 aliphatic heterocycles. The zero-order chi connectivity index (χ0) is 15.7. The third-order valence-electron chi connectivity index (χ3n) is 2.17. The first-order valence-electron chi connectivity index (χ1n) is 5.52. The van der Waals surface area contributed by atoms with E-state index in [0.29, 0.717) is 0 Å². The van der Waals surface area contributed by atoms with Crippen molar-refractivity contribution in [3.8, 4) is 0 Å². The molecule has 4 N–H and O–H groups in total. The molecule has 23 heavy (non-hydrogen) atoms. The molecule has 10 nitrogen and oxygen atoms in total. The van der Waals surface area contributed by atoms with Gasteiger partial charge in [-0.25, -0.2) is 0 Å². The molecule has 0 heterocycles. The van der Waals surface area contributed by atoms with Crippen LogP contribution in [0.4, 0.5) is 0 Å². The van der Waals surface area contributed by atoms with Crippen LogP contribution in [0, 0.1) is 0 Å². The molecular formula is C10H19K3N2O8. The van der Waals surface area contributed by atoms with E-state index in [9.17, 15) is 19.2 Å². The average molecular weight is 413 g/mol. The summed E-state index contributed by atoms with van der Waals surface area (Å²) in [5.41, 5.74) is 0. The van der Waals surface area contributed by atoms with Gasteiger partial charge in [-0.2, -0.15) is 0 Å². The number of carboxylic acid groups (broad SMARTS) is 4. The number of hydrogen-bond donors (Lipinski definition) is 4. The minimum Gasteiger partial charge on any atom is -1.00 e. The Hall–Kier alpha value is 2.71. The second kappa shape index (κ2) is 19.5. The molecule has 0 radical (unpaired) electrons. The van der Waals surface area contributed by atoms with Crippen molar-refractivity contribution in [3.05, 3.63) is 0 Å². The van der Waals surface area contributed by atoms with Crippen molar-refractivity contribution in [1.29, 1.82) is 0 Å². The van der Waals surface area contributed by atoms with Gasteiger partial charge in [-0.1, -0.05) is 0 Å². The first-order valence-corrected chi connectivity index (χ1v) is 5.52. The van der Waals surface area contributed by atoms with Crippen LogP contribution in [0.3, 0.4) is 0 Å². The van der Waals surface area contributed by atoms with Crippen LogP contribution in [0.1, 0.15) is 4.28 Å². The van der Waals surface area contributed by atoms with E-state index in [4.69, 9.17) is 20.4 Å². The minimum atomic E-state index is -1.23. The zero-order valence-electron chi connectivity index (χ0n) is 16.6. The molecule has 0 aromatic rings. The Labute approximate surface area is 265 Å². The molecule has 0 amide bonds. The molecule has 0 aromatic carbocycles. The summed E-state index contributed by atoms with van der Waals surface area (Å²) < 4.78 is 0. The summed E-state index contributed by atoms with van der Waals surface area (Å²) >= 11 is 0. The van der Waals surface area contributed by atoms with Crippen LogP contribution in [0.15, 0.2) is 0 Å². The predicted octanol–water partition coefficient (Wildman–Crippen LogP) is -10.7. The Balaban J connectivity index is -0.000000120. The predicted molar refractivity (Wildman–Crippen MR) is 66.8 cm³/mol. The fourth-order valence-electron chi connectivity index (χ4n) is 1.48. The van der Waals surface area contributed by atoms with Crippen LogP contribution >= 0.6 is 0 Å². The van der Waals surface area contributed by atoms with E-state index in [-0.39, 0.29) is 172 Å². The maximum atomic E-state index is 10.6. The summed E-state index contributed by atoms with van der Waals surface area (Å²) in [6, 6.07) is 0. The van der Waals surface area contributed by atoms with E-state index < -0.39 is 50.1 Å². The number of aliphatic carboxylic acids is 4. The quantitative estimate of drug-likeness (QED) is 0.240. The number of rotatable bonds is 11. The molecular weight excluding hydrogens is 393 g/mol. The van der Waals surface area contributed by atoms with Crippen LogP contribution in [0.5, 0.6) is 0 Å². The van der Waals surface area contributed by atoms with Crippen molar-refractivity contribution < 1.29 is 198 Å². The molecule has 120 valence electrons. The molecule has 0 atom stereocenters. The van der Waals surface area contributed by atoms with Crippen molar-refractivity contribution in [2.45, 2.75) is 0 Å². The van der Waals surface area contributed by atoms with E-state index in [0.717, 1.165) is 9.80 Å². The van der Waals surface area contributed by atoms with Crippen molar-refractivity contribution in [2.24, 2.45) is 0 Å². The van der Waals surface area contributed by atoms with Crippen LogP contribution in [-0.2, 0) is 19.2 Å². The van der Waals surface area contributed by atoms with Gasteiger partial charge in [0.05, 0.1) is 26.2 Å². The van der Waals surface area contributed by atoms with Gasteiger partial charge < -0.3 is 24.7 Å². The molecule has 0 aliphatic rings. The van der Waals surface area contributed by atoms with Gasteiger partial charge in [-0.05, 0) is 0 Å². The van der Waals surface area contributed by atoms with Crippen LogP contribution in [0.25, 0.3) is 0 Å². The van der Waals surface area contributed by atoms with E-state index in [1.165, 1.54) is 0 Å². The molecule has 0 fully saturated rings. The first-order chi connectivity index (χ1) is 9.20. The van der Waals surface area contributed by atoms with E-state index in [1.807, 2.05) is 0 Å². The number of nitrogens with zero attached hydrogens (tertiary/aromatic N) is 2. The summed E-state index contributed by atoms with van der Waals surface area (Å²) in [4.78, 5) is 44.4. The van der Waals surface area contributed by atoms with Gasteiger partial charge in [0.2, 0.25) is 0 Å². The summed E-state index contributed by atoms with van der Waals surface area (Å²) in [5, 5.41) is 34.5. The molecule has 0 saturated carbocycles. The second-order valence-electron chi connectivity index (χ2n) is 4.00. The standard InChI is InChI=1S/C10H16N2O8.3K.3H/c13-7(14)3-11(4-8(15)16)1-2-12(5-9(17)18)6-10(19)20;;;;;;/h1-6H2,(H,13,14)(H,15,16)(H,17,18)(H,19,20);;;;;;/q;3*+1;3*-1. The van der Waals surface area contributed by atoms with Crippen LogP contribution in [0.2, 0.25) is 0 Å². The smallest absolute Gasteiger partial charge is 1.00 e. The second-order valence-corrected chi connectivity index (χ2v) is 4.00. The third-order valence-corrected chi connectivity index (χ3v) is 2.17. The van der Waals surface area contributed by atoms with Crippen molar-refractivity contribution in [1.82, 2.24) is 9.80 Å². The van der Waals surface area contributed by atoms with Crippen LogP contribution in [-0.4, -0.2) is 93.4 Å². The Morgan fingerprint density at radius 1 is 0.565 bits per heavy atom. The van der Waals surface area contributed by atoms with Gasteiger partial charge in [0.1, 0.15) is 0 Å². The number of carbonyl (C=O) groups is 4. The summed E-state index contributed by atoms with van der Waals surface area (Å²) in [7, 11) is 0. The zero-order valence-corrected chi connectivity index (χ0v) is 22.9. The first kappa shape index (κ1) is 33.3. The molecule has 0 rings (SSSR count).